The smallest absolute Gasteiger partial charge is 0.309 e. The van der Waals surface area contributed by atoms with Crippen molar-refractivity contribution in [2.24, 2.45) is 5.92 Å². The number of carbonyl (C=O) groups excluding carboxylic acids is 1. The fourth-order valence-corrected chi connectivity index (χ4v) is 2.48. The highest BCUT2D eigenvalue weighted by molar-refractivity contribution is 5.79. The molecular formula is C15H18FNO4. The van der Waals surface area contributed by atoms with Gasteiger partial charge in [-0.15, -0.1) is 0 Å². The Balaban J connectivity index is 1.98. The standard InChI is InChI=1S/C15H18FNO4/c1-9-2-3-10(6-12(9)16)7-14(19)17-5-4-11(15(20)21)13(18)8-17/h2-3,6,11,13,18H,4-5,7-8H2,1H3,(H,20,21)/t11-,13+/m0/s1. The summed E-state index contributed by atoms with van der Waals surface area (Å²) in [5.41, 5.74) is 1.09. The molecule has 0 unspecified atom stereocenters. The fourth-order valence-electron chi connectivity index (χ4n) is 2.48. The van der Waals surface area contributed by atoms with Crippen LogP contribution in [0.5, 0.6) is 0 Å². The second kappa shape index (κ2) is 6.22. The highest BCUT2D eigenvalue weighted by atomic mass is 19.1. The molecule has 1 fully saturated rings. The molecule has 1 aromatic rings. The summed E-state index contributed by atoms with van der Waals surface area (Å²) in [7, 11) is 0. The van der Waals surface area contributed by atoms with Crippen molar-refractivity contribution in [2.75, 3.05) is 13.1 Å². The lowest BCUT2D eigenvalue weighted by Gasteiger charge is -2.34. The zero-order valence-electron chi connectivity index (χ0n) is 11.8. The minimum Gasteiger partial charge on any atom is -0.481 e. The quantitative estimate of drug-likeness (QED) is 0.871. The Morgan fingerprint density at radius 3 is 2.71 bits per heavy atom. The molecule has 5 nitrogen and oxygen atoms in total. The number of aliphatic carboxylic acids is 1. The highest BCUT2D eigenvalue weighted by Crippen LogP contribution is 2.19. The van der Waals surface area contributed by atoms with Crippen molar-refractivity contribution >= 4 is 11.9 Å². The molecule has 0 aliphatic carbocycles. The molecule has 2 atom stereocenters. The number of carboxylic acids is 1. The molecule has 1 amide bonds. The molecule has 0 bridgehead atoms. The number of aryl methyl sites for hydroxylation is 1. The zero-order valence-corrected chi connectivity index (χ0v) is 11.8. The lowest BCUT2D eigenvalue weighted by Crippen LogP contribution is -2.49. The molecule has 0 radical (unpaired) electrons. The Hall–Kier alpha value is -1.95. The largest absolute Gasteiger partial charge is 0.481 e. The first-order valence-electron chi connectivity index (χ1n) is 6.82. The van der Waals surface area contributed by atoms with Crippen LogP contribution >= 0.6 is 0 Å². The van der Waals surface area contributed by atoms with E-state index in [1.807, 2.05) is 0 Å². The number of hydrogen-bond acceptors (Lipinski definition) is 3. The van der Waals surface area contributed by atoms with Gasteiger partial charge in [-0.25, -0.2) is 4.39 Å². The van der Waals surface area contributed by atoms with E-state index >= 15 is 0 Å². The molecule has 0 spiro atoms. The molecular weight excluding hydrogens is 277 g/mol. The normalized spacial score (nSPS) is 22.1. The van der Waals surface area contributed by atoms with Gasteiger partial charge in [0, 0.05) is 13.1 Å². The second-order valence-corrected chi connectivity index (χ2v) is 5.40. The number of carboxylic acid groups (broad SMARTS) is 1. The second-order valence-electron chi connectivity index (χ2n) is 5.40. The van der Waals surface area contributed by atoms with Gasteiger partial charge in [0.2, 0.25) is 5.91 Å². The molecule has 1 heterocycles. The van der Waals surface area contributed by atoms with E-state index in [1.165, 1.54) is 11.0 Å². The van der Waals surface area contributed by atoms with Crippen LogP contribution in [0.1, 0.15) is 17.5 Å². The van der Waals surface area contributed by atoms with Crippen molar-refractivity contribution in [1.29, 1.82) is 0 Å². The summed E-state index contributed by atoms with van der Waals surface area (Å²) in [5, 5.41) is 18.7. The Labute approximate surface area is 122 Å². The third-order valence-corrected chi connectivity index (χ3v) is 3.84. The summed E-state index contributed by atoms with van der Waals surface area (Å²) >= 11 is 0. The Kier molecular flexibility index (Phi) is 4.57. The number of amides is 1. The van der Waals surface area contributed by atoms with Crippen molar-refractivity contribution in [3.05, 3.63) is 35.1 Å². The molecule has 1 aliphatic heterocycles. The van der Waals surface area contributed by atoms with Gasteiger partial charge in [0.05, 0.1) is 18.4 Å². The minimum atomic E-state index is -1.06. The average molecular weight is 295 g/mol. The van der Waals surface area contributed by atoms with Crippen LogP contribution < -0.4 is 0 Å². The van der Waals surface area contributed by atoms with E-state index in [9.17, 15) is 19.1 Å². The lowest BCUT2D eigenvalue weighted by molar-refractivity contribution is -0.152. The van der Waals surface area contributed by atoms with Gasteiger partial charge in [0.15, 0.2) is 0 Å². The van der Waals surface area contributed by atoms with Gasteiger partial charge in [-0.3, -0.25) is 9.59 Å². The number of likely N-dealkylation sites (tertiary alicyclic amines) is 1. The van der Waals surface area contributed by atoms with E-state index in [0.29, 0.717) is 17.7 Å². The van der Waals surface area contributed by atoms with Crippen LogP contribution in [0, 0.1) is 18.7 Å². The van der Waals surface area contributed by atoms with Crippen LogP contribution in [-0.4, -0.2) is 46.2 Å². The van der Waals surface area contributed by atoms with Gasteiger partial charge < -0.3 is 15.1 Å². The van der Waals surface area contributed by atoms with Crippen LogP contribution in [0.2, 0.25) is 0 Å². The van der Waals surface area contributed by atoms with Crippen LogP contribution in [-0.2, 0) is 16.0 Å². The summed E-state index contributed by atoms with van der Waals surface area (Å²) in [6, 6.07) is 4.63. The van der Waals surface area contributed by atoms with Gasteiger partial charge in [0.25, 0.3) is 0 Å². The van der Waals surface area contributed by atoms with Gasteiger partial charge in [-0.1, -0.05) is 12.1 Å². The third-order valence-electron chi connectivity index (χ3n) is 3.84. The summed E-state index contributed by atoms with van der Waals surface area (Å²) in [6.45, 7) is 1.94. The maximum atomic E-state index is 13.4. The van der Waals surface area contributed by atoms with Crippen molar-refractivity contribution < 1.29 is 24.2 Å². The van der Waals surface area contributed by atoms with Gasteiger partial charge in [-0.2, -0.15) is 0 Å². The molecule has 21 heavy (non-hydrogen) atoms. The van der Waals surface area contributed by atoms with Crippen LogP contribution in [0.15, 0.2) is 18.2 Å². The first kappa shape index (κ1) is 15.4. The number of carbonyl (C=O) groups is 2. The number of nitrogens with zero attached hydrogens (tertiary/aromatic N) is 1. The Morgan fingerprint density at radius 2 is 2.14 bits per heavy atom. The molecule has 2 N–H and O–H groups in total. The first-order valence-corrected chi connectivity index (χ1v) is 6.82. The minimum absolute atomic E-state index is 0.00411. The number of benzene rings is 1. The number of aliphatic hydroxyl groups excluding tert-OH is 1. The molecule has 114 valence electrons. The SMILES string of the molecule is Cc1ccc(CC(=O)N2CC[C@H](C(=O)O)[C@H](O)C2)cc1F. The predicted molar refractivity (Wildman–Crippen MR) is 73.2 cm³/mol. The van der Waals surface area contributed by atoms with Crippen LogP contribution in [0.25, 0.3) is 0 Å². The van der Waals surface area contributed by atoms with Gasteiger partial charge in [-0.05, 0) is 30.5 Å². The van der Waals surface area contributed by atoms with E-state index in [-0.39, 0.29) is 31.1 Å². The summed E-state index contributed by atoms with van der Waals surface area (Å²) in [5.74, 6) is -2.47. The van der Waals surface area contributed by atoms with Crippen LogP contribution in [0.3, 0.4) is 0 Å². The average Bonchev–Trinajstić information content (AvgIpc) is 2.42. The van der Waals surface area contributed by atoms with Crippen molar-refractivity contribution in [3.8, 4) is 0 Å². The fraction of sp³-hybridized carbons (Fsp3) is 0.467. The first-order chi connectivity index (χ1) is 9.88. The van der Waals surface area contributed by atoms with E-state index in [4.69, 9.17) is 5.11 Å². The molecule has 0 aromatic heterocycles. The van der Waals surface area contributed by atoms with Crippen LogP contribution in [0.4, 0.5) is 4.39 Å². The van der Waals surface area contributed by atoms with Crippen molar-refractivity contribution in [2.45, 2.75) is 25.9 Å². The summed E-state index contributed by atoms with van der Waals surface area (Å²) in [6.07, 6.45) is -0.790. The van der Waals surface area contributed by atoms with Crippen molar-refractivity contribution in [3.63, 3.8) is 0 Å². The Morgan fingerprint density at radius 1 is 1.43 bits per heavy atom. The lowest BCUT2D eigenvalue weighted by atomic mass is 9.93. The molecule has 1 aromatic carbocycles. The molecule has 2 rings (SSSR count). The molecule has 1 saturated heterocycles. The predicted octanol–water partition coefficient (Wildman–Crippen LogP) is 0.971. The van der Waals surface area contributed by atoms with E-state index in [1.54, 1.807) is 19.1 Å². The number of β-amino-alcohol motifs (C(OH)–C–C–N with tert-alkyl or cyclic N) is 1. The number of hydrogen-bond donors (Lipinski definition) is 2. The molecule has 1 aliphatic rings. The number of halogens is 1. The Bertz CT molecular complexity index is 561. The highest BCUT2D eigenvalue weighted by Gasteiger charge is 2.34. The number of aliphatic hydroxyl groups is 1. The molecule has 0 saturated carbocycles. The number of piperidine rings is 1. The zero-order chi connectivity index (χ0) is 15.6. The van der Waals surface area contributed by atoms with E-state index < -0.39 is 18.0 Å². The maximum Gasteiger partial charge on any atom is 0.309 e. The van der Waals surface area contributed by atoms with Gasteiger partial charge in [0.1, 0.15) is 5.82 Å². The van der Waals surface area contributed by atoms with E-state index in [0.717, 1.165) is 0 Å². The summed E-state index contributed by atoms with van der Waals surface area (Å²) < 4.78 is 13.4. The molecule has 6 heteroatoms. The maximum absolute atomic E-state index is 13.4. The topological polar surface area (TPSA) is 77.8 Å². The monoisotopic (exact) mass is 295 g/mol. The van der Waals surface area contributed by atoms with Crippen molar-refractivity contribution in [1.82, 2.24) is 4.90 Å². The third kappa shape index (κ3) is 3.58. The summed E-state index contributed by atoms with van der Waals surface area (Å²) in [4.78, 5) is 24.5. The number of rotatable bonds is 3. The van der Waals surface area contributed by atoms with Gasteiger partial charge >= 0.3 is 5.97 Å². The van der Waals surface area contributed by atoms with E-state index in [2.05, 4.69) is 0 Å².